The highest BCUT2D eigenvalue weighted by molar-refractivity contribution is 7.89. The fraction of sp³-hybridized carbons (Fsp3) is 0.158. The summed E-state index contributed by atoms with van der Waals surface area (Å²) in [7, 11) is -3.87. The van der Waals surface area contributed by atoms with E-state index < -0.39 is 15.8 Å². The van der Waals surface area contributed by atoms with E-state index in [9.17, 15) is 17.6 Å². The fourth-order valence-electron chi connectivity index (χ4n) is 2.44. The average Bonchev–Trinajstić information content (AvgIpc) is 2.73. The topological polar surface area (TPSA) is 102 Å². The van der Waals surface area contributed by atoms with E-state index in [2.05, 4.69) is 19.7 Å². The zero-order valence-electron chi connectivity index (χ0n) is 15.0. The van der Waals surface area contributed by atoms with Crippen LogP contribution in [0.15, 0.2) is 60.0 Å². The van der Waals surface area contributed by atoms with E-state index in [1.807, 2.05) is 0 Å². The first-order valence-electron chi connectivity index (χ1n) is 8.53. The van der Waals surface area contributed by atoms with Crippen LogP contribution in [-0.4, -0.2) is 29.2 Å². The molecular formula is C19H16ClFN4O3S. The van der Waals surface area contributed by atoms with Crippen LogP contribution < -0.4 is 4.72 Å². The quantitative estimate of drug-likeness (QED) is 0.547. The standard InChI is InChI=1S/C19H16ClFN4O3S/c20-16-9-15(3-4-17(16)21)29(27,28)25-11-13-1-5-18(23-10-13)19(26)6-2-14-7-8-22-12-24-14/h1,3-5,7-10,12,25H,2,6,11H2. The predicted octanol–water partition coefficient (Wildman–Crippen LogP) is 2.96. The molecule has 0 atom stereocenters. The van der Waals surface area contributed by atoms with Crippen LogP contribution in [0.1, 0.15) is 28.2 Å². The van der Waals surface area contributed by atoms with Crippen LogP contribution in [-0.2, 0) is 23.0 Å². The Morgan fingerprint density at radius 3 is 2.62 bits per heavy atom. The van der Waals surface area contributed by atoms with Crippen molar-refractivity contribution in [3.63, 3.8) is 0 Å². The van der Waals surface area contributed by atoms with Gasteiger partial charge in [0.2, 0.25) is 10.0 Å². The van der Waals surface area contributed by atoms with Gasteiger partial charge in [0, 0.05) is 31.1 Å². The second-order valence-electron chi connectivity index (χ2n) is 6.08. The normalized spacial score (nSPS) is 11.4. The van der Waals surface area contributed by atoms with Crippen molar-refractivity contribution in [2.24, 2.45) is 0 Å². The van der Waals surface area contributed by atoms with E-state index in [-0.39, 0.29) is 34.4 Å². The number of carbonyl (C=O) groups excluding carboxylic acids is 1. The van der Waals surface area contributed by atoms with Crippen molar-refractivity contribution < 1.29 is 17.6 Å². The summed E-state index contributed by atoms with van der Waals surface area (Å²) in [5, 5.41) is -0.278. The third-order valence-electron chi connectivity index (χ3n) is 4.03. The molecule has 0 saturated carbocycles. The van der Waals surface area contributed by atoms with Crippen molar-refractivity contribution in [3.05, 3.63) is 82.9 Å². The summed E-state index contributed by atoms with van der Waals surface area (Å²) < 4.78 is 40.2. The first-order valence-corrected chi connectivity index (χ1v) is 10.4. The second kappa shape index (κ2) is 9.17. The zero-order valence-corrected chi connectivity index (χ0v) is 16.6. The average molecular weight is 435 g/mol. The van der Waals surface area contributed by atoms with Crippen LogP contribution in [0.5, 0.6) is 0 Å². The number of nitrogens with zero attached hydrogens (tertiary/aromatic N) is 3. The van der Waals surface area contributed by atoms with Crippen molar-refractivity contribution in [1.82, 2.24) is 19.7 Å². The van der Waals surface area contributed by atoms with Gasteiger partial charge in [0.1, 0.15) is 17.8 Å². The molecule has 0 saturated heterocycles. The lowest BCUT2D eigenvalue weighted by Crippen LogP contribution is -2.23. The number of halogens is 2. The van der Waals surface area contributed by atoms with Crippen molar-refractivity contribution >= 4 is 27.4 Å². The van der Waals surface area contributed by atoms with Gasteiger partial charge in [-0.25, -0.2) is 27.5 Å². The molecule has 3 aromatic rings. The molecule has 0 fully saturated rings. The molecule has 2 heterocycles. The Labute approximate surface area is 172 Å². The van der Waals surface area contributed by atoms with Crippen LogP contribution in [0.2, 0.25) is 5.02 Å². The van der Waals surface area contributed by atoms with Crippen LogP contribution >= 0.6 is 11.6 Å². The van der Waals surface area contributed by atoms with Gasteiger partial charge in [-0.2, -0.15) is 0 Å². The highest BCUT2D eigenvalue weighted by Gasteiger charge is 2.16. The summed E-state index contributed by atoms with van der Waals surface area (Å²) in [5.74, 6) is -0.841. The van der Waals surface area contributed by atoms with E-state index in [0.717, 1.165) is 23.9 Å². The van der Waals surface area contributed by atoms with E-state index in [1.54, 1.807) is 24.4 Å². The number of rotatable bonds is 8. The smallest absolute Gasteiger partial charge is 0.240 e. The van der Waals surface area contributed by atoms with Gasteiger partial charge >= 0.3 is 0 Å². The molecule has 0 radical (unpaired) electrons. The Morgan fingerprint density at radius 1 is 1.14 bits per heavy atom. The molecule has 0 aliphatic heterocycles. The Morgan fingerprint density at radius 2 is 1.97 bits per heavy atom. The van der Waals surface area contributed by atoms with Crippen LogP contribution in [0.3, 0.4) is 0 Å². The van der Waals surface area contributed by atoms with Crippen molar-refractivity contribution in [3.8, 4) is 0 Å². The summed E-state index contributed by atoms with van der Waals surface area (Å²) in [4.78, 5) is 24.1. The number of benzene rings is 1. The Kier molecular flexibility index (Phi) is 6.63. The number of hydrogen-bond donors (Lipinski definition) is 1. The number of hydrogen-bond acceptors (Lipinski definition) is 6. The van der Waals surface area contributed by atoms with Crippen molar-refractivity contribution in [1.29, 1.82) is 0 Å². The van der Waals surface area contributed by atoms with E-state index in [0.29, 0.717) is 12.0 Å². The third kappa shape index (κ3) is 5.63. The Balaban J connectivity index is 1.58. The largest absolute Gasteiger partial charge is 0.292 e. The molecule has 0 aliphatic rings. The van der Waals surface area contributed by atoms with Gasteiger partial charge in [0.15, 0.2) is 5.78 Å². The molecule has 0 spiro atoms. The molecule has 0 unspecified atom stereocenters. The minimum Gasteiger partial charge on any atom is -0.292 e. The number of ketones is 1. The van der Waals surface area contributed by atoms with Crippen molar-refractivity contribution in [2.75, 3.05) is 0 Å². The first kappa shape index (κ1) is 21.0. The number of Topliss-reactive ketones (excluding diaryl/α,β-unsaturated/α-hetero) is 1. The highest BCUT2D eigenvalue weighted by Crippen LogP contribution is 2.19. The first-order chi connectivity index (χ1) is 13.8. The molecule has 0 amide bonds. The summed E-state index contributed by atoms with van der Waals surface area (Å²) >= 11 is 5.63. The summed E-state index contributed by atoms with van der Waals surface area (Å²) in [6, 6.07) is 8.05. The fourth-order valence-corrected chi connectivity index (χ4v) is 3.72. The molecule has 0 bridgehead atoms. The Hall–Kier alpha value is -2.75. The second-order valence-corrected chi connectivity index (χ2v) is 8.25. The van der Waals surface area contributed by atoms with Crippen LogP contribution in [0.25, 0.3) is 0 Å². The lowest BCUT2D eigenvalue weighted by Gasteiger charge is -2.08. The van der Waals surface area contributed by atoms with E-state index in [4.69, 9.17) is 11.6 Å². The molecule has 29 heavy (non-hydrogen) atoms. The summed E-state index contributed by atoms with van der Waals surface area (Å²) in [6.07, 6.45) is 5.19. The zero-order chi connectivity index (χ0) is 20.9. The third-order valence-corrected chi connectivity index (χ3v) is 5.72. The minimum atomic E-state index is -3.87. The molecule has 10 heteroatoms. The number of pyridine rings is 1. The number of carbonyl (C=O) groups is 1. The lowest BCUT2D eigenvalue weighted by molar-refractivity contribution is 0.0977. The molecule has 1 aromatic carbocycles. The van der Waals surface area contributed by atoms with E-state index >= 15 is 0 Å². The molecule has 2 aromatic heterocycles. The van der Waals surface area contributed by atoms with Gasteiger partial charge in [0.05, 0.1) is 9.92 Å². The van der Waals surface area contributed by atoms with Gasteiger partial charge in [-0.3, -0.25) is 9.78 Å². The molecular weight excluding hydrogens is 419 g/mol. The predicted molar refractivity (Wildman–Crippen MR) is 104 cm³/mol. The SMILES string of the molecule is O=C(CCc1ccncn1)c1ccc(CNS(=O)(=O)c2ccc(F)c(Cl)c2)cn1. The molecule has 0 aliphatic carbocycles. The van der Waals surface area contributed by atoms with Gasteiger partial charge in [-0.05, 0) is 42.3 Å². The number of aryl methyl sites for hydroxylation is 1. The van der Waals surface area contributed by atoms with Crippen molar-refractivity contribution in [2.45, 2.75) is 24.3 Å². The maximum atomic E-state index is 13.2. The van der Waals surface area contributed by atoms with Crippen LogP contribution in [0, 0.1) is 5.82 Å². The van der Waals surface area contributed by atoms with E-state index in [1.165, 1.54) is 12.5 Å². The van der Waals surface area contributed by atoms with Gasteiger partial charge in [-0.15, -0.1) is 0 Å². The lowest BCUT2D eigenvalue weighted by atomic mass is 10.1. The van der Waals surface area contributed by atoms with Gasteiger partial charge in [0.25, 0.3) is 0 Å². The molecule has 7 nitrogen and oxygen atoms in total. The minimum absolute atomic E-state index is 0.0419. The monoisotopic (exact) mass is 434 g/mol. The summed E-state index contributed by atoms with van der Waals surface area (Å²) in [6.45, 7) is -0.0419. The van der Waals surface area contributed by atoms with Crippen LogP contribution in [0.4, 0.5) is 4.39 Å². The number of nitrogens with one attached hydrogen (secondary N) is 1. The highest BCUT2D eigenvalue weighted by atomic mass is 35.5. The number of aromatic nitrogens is 3. The number of sulfonamides is 1. The maximum Gasteiger partial charge on any atom is 0.240 e. The maximum absolute atomic E-state index is 13.2. The van der Waals surface area contributed by atoms with Gasteiger partial charge in [-0.1, -0.05) is 17.7 Å². The molecule has 1 N–H and O–H groups in total. The Bertz CT molecular complexity index is 1110. The van der Waals surface area contributed by atoms with Gasteiger partial charge < -0.3 is 0 Å². The summed E-state index contributed by atoms with van der Waals surface area (Å²) in [5.41, 5.74) is 1.62. The molecule has 3 rings (SSSR count). The molecule has 150 valence electrons.